The number of ether oxygens (including phenoxy) is 2. The van der Waals surface area contributed by atoms with Gasteiger partial charge in [0.05, 0.1) is 19.9 Å². The molecule has 0 atom stereocenters. The Balaban J connectivity index is 1.47. The van der Waals surface area contributed by atoms with Crippen LogP contribution in [-0.2, 0) is 10.0 Å². The highest BCUT2D eigenvalue weighted by Crippen LogP contribution is 2.31. The van der Waals surface area contributed by atoms with Crippen LogP contribution in [-0.4, -0.2) is 63.3 Å². The summed E-state index contributed by atoms with van der Waals surface area (Å²) in [4.78, 5) is 2.26. The molecule has 1 aliphatic heterocycles. The van der Waals surface area contributed by atoms with Gasteiger partial charge in [0.1, 0.15) is 16.4 Å². The molecule has 2 heterocycles. The van der Waals surface area contributed by atoms with E-state index in [1.165, 1.54) is 11.4 Å². The number of rotatable bonds is 6. The van der Waals surface area contributed by atoms with E-state index < -0.39 is 10.0 Å². The number of sulfonamides is 1. The highest BCUT2D eigenvalue weighted by molar-refractivity contribution is 7.89. The van der Waals surface area contributed by atoms with Crippen LogP contribution in [0.2, 0.25) is 0 Å². The van der Waals surface area contributed by atoms with E-state index in [1.807, 2.05) is 55.1 Å². The fourth-order valence-electron chi connectivity index (χ4n) is 3.85. The first-order valence-electron chi connectivity index (χ1n) is 10.7. The molecule has 0 radical (unpaired) electrons. The number of nitrogens with zero attached hydrogens (tertiary/aromatic N) is 4. The Morgan fingerprint density at radius 1 is 0.848 bits per heavy atom. The van der Waals surface area contributed by atoms with Gasteiger partial charge in [-0.25, -0.2) is 8.42 Å². The first kappa shape index (κ1) is 23.0. The quantitative estimate of drug-likeness (QED) is 0.549. The summed E-state index contributed by atoms with van der Waals surface area (Å²) in [5.41, 5.74) is 3.58. The maximum absolute atomic E-state index is 13.3. The third kappa shape index (κ3) is 4.65. The maximum atomic E-state index is 13.3. The zero-order valence-electron chi connectivity index (χ0n) is 19.3. The number of aromatic nitrogens is 2. The van der Waals surface area contributed by atoms with Gasteiger partial charge < -0.3 is 14.4 Å². The molecule has 0 saturated carbocycles. The molecule has 3 aromatic rings. The molecule has 33 heavy (non-hydrogen) atoms. The van der Waals surface area contributed by atoms with E-state index in [9.17, 15) is 8.42 Å². The molecule has 1 aromatic heterocycles. The minimum atomic E-state index is -3.67. The molecule has 8 nitrogen and oxygen atoms in total. The number of hydrogen-bond acceptors (Lipinski definition) is 7. The second-order valence-electron chi connectivity index (χ2n) is 7.99. The van der Waals surface area contributed by atoms with Crippen LogP contribution in [0.3, 0.4) is 0 Å². The number of piperazine rings is 1. The highest BCUT2D eigenvalue weighted by atomic mass is 32.2. The molecule has 1 aliphatic rings. The zero-order valence-corrected chi connectivity index (χ0v) is 20.1. The molecule has 0 unspecified atom stereocenters. The number of anilines is 1. The first-order chi connectivity index (χ1) is 15.8. The Morgan fingerprint density at radius 3 is 2.21 bits per heavy atom. The summed E-state index contributed by atoms with van der Waals surface area (Å²) in [5.74, 6) is 1.86. The topological polar surface area (TPSA) is 84.9 Å². The lowest BCUT2D eigenvalue weighted by Crippen LogP contribution is -2.49. The predicted octanol–water partition coefficient (Wildman–Crippen LogP) is 3.29. The van der Waals surface area contributed by atoms with Crippen molar-refractivity contribution in [1.29, 1.82) is 0 Å². The Hall–Kier alpha value is -3.17. The molecular weight excluding hydrogens is 440 g/mol. The number of methoxy groups -OCH3 is 2. The second kappa shape index (κ2) is 9.36. The second-order valence-corrected chi connectivity index (χ2v) is 9.89. The number of aryl methyl sites for hydroxylation is 2. The summed E-state index contributed by atoms with van der Waals surface area (Å²) in [6, 6.07) is 15.0. The van der Waals surface area contributed by atoms with Gasteiger partial charge in [0.2, 0.25) is 10.0 Å². The van der Waals surface area contributed by atoms with Crippen molar-refractivity contribution in [3.63, 3.8) is 0 Å². The molecule has 174 valence electrons. The molecule has 9 heteroatoms. The maximum Gasteiger partial charge on any atom is 0.246 e. The Kier molecular flexibility index (Phi) is 6.53. The Morgan fingerprint density at radius 2 is 1.58 bits per heavy atom. The normalized spacial score (nSPS) is 14.8. The van der Waals surface area contributed by atoms with Gasteiger partial charge >= 0.3 is 0 Å². The van der Waals surface area contributed by atoms with E-state index in [4.69, 9.17) is 9.47 Å². The smallest absolute Gasteiger partial charge is 0.246 e. The summed E-state index contributed by atoms with van der Waals surface area (Å²) in [6.45, 7) is 5.61. The average Bonchev–Trinajstić information content (AvgIpc) is 2.85. The van der Waals surface area contributed by atoms with E-state index in [-0.39, 0.29) is 4.90 Å². The van der Waals surface area contributed by atoms with E-state index >= 15 is 0 Å². The summed E-state index contributed by atoms with van der Waals surface area (Å²) >= 11 is 0. The monoisotopic (exact) mass is 468 g/mol. The minimum absolute atomic E-state index is 0.212. The molecule has 0 amide bonds. The van der Waals surface area contributed by atoms with Crippen LogP contribution in [0.5, 0.6) is 11.5 Å². The van der Waals surface area contributed by atoms with Crippen LogP contribution < -0.4 is 14.4 Å². The van der Waals surface area contributed by atoms with Gasteiger partial charge in [0.15, 0.2) is 5.82 Å². The summed E-state index contributed by atoms with van der Waals surface area (Å²) in [6.07, 6.45) is 0. The fourth-order valence-corrected chi connectivity index (χ4v) is 5.50. The van der Waals surface area contributed by atoms with Crippen molar-refractivity contribution in [3.05, 3.63) is 59.7 Å². The van der Waals surface area contributed by atoms with Gasteiger partial charge in [-0.1, -0.05) is 12.1 Å². The van der Waals surface area contributed by atoms with Crippen LogP contribution in [0, 0.1) is 13.8 Å². The molecule has 2 aromatic carbocycles. The molecule has 4 rings (SSSR count). The first-order valence-corrected chi connectivity index (χ1v) is 12.2. The third-order valence-corrected chi connectivity index (χ3v) is 7.90. The molecule has 0 aliphatic carbocycles. The minimum Gasteiger partial charge on any atom is -0.497 e. The van der Waals surface area contributed by atoms with Crippen molar-refractivity contribution >= 4 is 15.8 Å². The van der Waals surface area contributed by atoms with Gasteiger partial charge in [-0.2, -0.15) is 4.31 Å². The van der Waals surface area contributed by atoms with E-state index in [0.717, 1.165) is 34.0 Å². The van der Waals surface area contributed by atoms with E-state index in [0.29, 0.717) is 31.9 Å². The lowest BCUT2D eigenvalue weighted by atomic mass is 10.1. The SMILES string of the molecule is COc1cccc(-c2ccc(N3CCN(S(=O)(=O)c4cc(C)c(C)cc4OC)CC3)nn2)c1. The molecule has 1 saturated heterocycles. The highest BCUT2D eigenvalue weighted by Gasteiger charge is 2.31. The third-order valence-electron chi connectivity index (χ3n) is 5.98. The van der Waals surface area contributed by atoms with Crippen molar-refractivity contribution in [2.24, 2.45) is 0 Å². The van der Waals surface area contributed by atoms with Crippen molar-refractivity contribution in [3.8, 4) is 22.8 Å². The number of hydrogen-bond donors (Lipinski definition) is 0. The van der Waals surface area contributed by atoms with Crippen LogP contribution in [0.1, 0.15) is 11.1 Å². The van der Waals surface area contributed by atoms with Crippen LogP contribution in [0.4, 0.5) is 5.82 Å². The Labute approximate surface area is 194 Å². The summed E-state index contributed by atoms with van der Waals surface area (Å²) in [7, 11) is -0.542. The van der Waals surface area contributed by atoms with Gasteiger partial charge in [0.25, 0.3) is 0 Å². The predicted molar refractivity (Wildman–Crippen MR) is 127 cm³/mol. The van der Waals surface area contributed by atoms with Crippen LogP contribution in [0.25, 0.3) is 11.3 Å². The fraction of sp³-hybridized carbons (Fsp3) is 0.333. The standard InChI is InChI=1S/C24H28N4O4S/c1-17-14-22(32-4)23(15-18(17)2)33(29,30)28-12-10-27(11-13-28)24-9-8-21(25-26-24)19-6-5-7-20(16-19)31-3/h5-9,14-16H,10-13H2,1-4H3. The van der Waals surface area contributed by atoms with Gasteiger partial charge in [-0.3, -0.25) is 0 Å². The molecule has 0 spiro atoms. The molecular formula is C24H28N4O4S. The zero-order chi connectivity index (χ0) is 23.6. The average molecular weight is 469 g/mol. The van der Waals surface area contributed by atoms with Crippen molar-refractivity contribution < 1.29 is 17.9 Å². The van der Waals surface area contributed by atoms with Crippen LogP contribution >= 0.6 is 0 Å². The van der Waals surface area contributed by atoms with Crippen molar-refractivity contribution in [1.82, 2.24) is 14.5 Å². The summed E-state index contributed by atoms with van der Waals surface area (Å²) < 4.78 is 38.8. The molecule has 0 bridgehead atoms. The molecule has 1 fully saturated rings. The van der Waals surface area contributed by atoms with E-state index in [1.54, 1.807) is 19.2 Å². The van der Waals surface area contributed by atoms with Gasteiger partial charge in [-0.15, -0.1) is 10.2 Å². The van der Waals surface area contributed by atoms with Crippen molar-refractivity contribution in [2.75, 3.05) is 45.3 Å². The lowest BCUT2D eigenvalue weighted by Gasteiger charge is -2.34. The van der Waals surface area contributed by atoms with E-state index in [2.05, 4.69) is 10.2 Å². The van der Waals surface area contributed by atoms with Gasteiger partial charge in [-0.05, 0) is 61.4 Å². The Bertz CT molecular complexity index is 1240. The lowest BCUT2D eigenvalue weighted by molar-refractivity contribution is 0.373. The number of benzene rings is 2. The molecule has 0 N–H and O–H groups in total. The van der Waals surface area contributed by atoms with Crippen LogP contribution in [0.15, 0.2) is 53.4 Å². The van der Waals surface area contributed by atoms with Crippen molar-refractivity contribution in [2.45, 2.75) is 18.7 Å². The largest absolute Gasteiger partial charge is 0.497 e. The summed E-state index contributed by atoms with van der Waals surface area (Å²) in [5, 5.41) is 8.74. The van der Waals surface area contributed by atoms with Gasteiger partial charge in [0, 0.05) is 31.7 Å².